The van der Waals surface area contributed by atoms with Crippen LogP contribution in [0.3, 0.4) is 0 Å². The third kappa shape index (κ3) is 7.10. The molecule has 1 aliphatic rings. The number of carbonyl (C=O) groups excluding carboxylic acids is 1. The van der Waals surface area contributed by atoms with Gasteiger partial charge in [-0.15, -0.1) is 5.10 Å². The van der Waals surface area contributed by atoms with Crippen LogP contribution in [0.1, 0.15) is 53.6 Å². The molecule has 1 amide bonds. The molecule has 0 radical (unpaired) electrons. The van der Waals surface area contributed by atoms with Crippen molar-refractivity contribution in [2.75, 3.05) is 27.2 Å². The van der Waals surface area contributed by atoms with Gasteiger partial charge in [0, 0.05) is 24.1 Å². The third-order valence-corrected chi connectivity index (χ3v) is 5.47. The van der Waals surface area contributed by atoms with Gasteiger partial charge in [-0.3, -0.25) is 9.80 Å². The van der Waals surface area contributed by atoms with Gasteiger partial charge in [0.05, 0.1) is 0 Å². The Labute approximate surface area is 185 Å². The van der Waals surface area contributed by atoms with Crippen molar-refractivity contribution in [2.45, 2.75) is 44.8 Å². The molecule has 2 aromatic rings. The van der Waals surface area contributed by atoms with Gasteiger partial charge in [0.2, 0.25) is 11.8 Å². The molecule has 0 spiro atoms. The fraction of sp³-hybridized carbons (Fsp3) is 0.440. The van der Waals surface area contributed by atoms with E-state index in [0.717, 1.165) is 50.8 Å². The highest BCUT2D eigenvalue weighted by Gasteiger charge is 2.28. The second-order valence-corrected chi connectivity index (χ2v) is 8.32. The number of hydrazone groups is 1. The lowest BCUT2D eigenvalue weighted by atomic mass is 10.1. The minimum Gasteiger partial charge on any atom is -0.451 e. The third-order valence-electron chi connectivity index (χ3n) is 5.47. The van der Waals surface area contributed by atoms with Crippen molar-refractivity contribution in [1.29, 1.82) is 0 Å². The smallest absolute Gasteiger partial charge is 0.248 e. The summed E-state index contributed by atoms with van der Waals surface area (Å²) < 4.78 is 6.21. The monoisotopic (exact) mass is 422 g/mol. The Bertz CT molecular complexity index is 850. The first-order valence-corrected chi connectivity index (χ1v) is 11.1. The van der Waals surface area contributed by atoms with Crippen molar-refractivity contribution in [3.63, 3.8) is 0 Å². The summed E-state index contributed by atoms with van der Waals surface area (Å²) in [5, 5.41) is 6.86. The number of ether oxygens (including phenoxy) is 1. The molecule has 166 valence electrons. The number of nitrogens with two attached hydrogens (primary N) is 1. The van der Waals surface area contributed by atoms with Gasteiger partial charge in [-0.25, -0.2) is 0 Å². The SMILES string of the molecule is CN(C)CCCC1OC(c2ccc(C(N)=O)cc2)=NN1CCCCCc1ccccc1. The fourth-order valence-electron chi connectivity index (χ4n) is 3.71. The van der Waals surface area contributed by atoms with E-state index in [1.165, 1.54) is 12.0 Å². The summed E-state index contributed by atoms with van der Waals surface area (Å²) in [5.41, 5.74) is 8.10. The zero-order chi connectivity index (χ0) is 22.1. The molecular weight excluding hydrogens is 388 g/mol. The normalized spacial score (nSPS) is 15.8. The van der Waals surface area contributed by atoms with E-state index in [2.05, 4.69) is 54.3 Å². The highest BCUT2D eigenvalue weighted by Crippen LogP contribution is 2.22. The Balaban J connectivity index is 1.55. The van der Waals surface area contributed by atoms with E-state index in [9.17, 15) is 4.79 Å². The minimum absolute atomic E-state index is 0.0418. The van der Waals surface area contributed by atoms with Gasteiger partial charge in [-0.2, -0.15) is 0 Å². The number of amides is 1. The first-order chi connectivity index (χ1) is 15.0. The molecule has 0 aliphatic carbocycles. The van der Waals surface area contributed by atoms with E-state index in [0.29, 0.717) is 11.5 Å². The number of hydrogen-bond donors (Lipinski definition) is 1. The number of carbonyl (C=O) groups is 1. The van der Waals surface area contributed by atoms with Gasteiger partial charge >= 0.3 is 0 Å². The Morgan fingerprint density at radius 1 is 1.03 bits per heavy atom. The Morgan fingerprint density at radius 2 is 1.77 bits per heavy atom. The number of unbranched alkanes of at least 4 members (excludes halogenated alkanes) is 2. The van der Waals surface area contributed by atoms with Crippen LogP contribution in [-0.4, -0.2) is 55.1 Å². The molecular formula is C25H34N4O2. The summed E-state index contributed by atoms with van der Waals surface area (Å²) in [6, 6.07) is 17.8. The molecule has 0 bridgehead atoms. The van der Waals surface area contributed by atoms with Crippen molar-refractivity contribution in [3.8, 4) is 0 Å². The van der Waals surface area contributed by atoms with Crippen LogP contribution >= 0.6 is 0 Å². The van der Waals surface area contributed by atoms with Crippen LogP contribution < -0.4 is 5.73 Å². The zero-order valence-corrected chi connectivity index (χ0v) is 18.7. The maximum absolute atomic E-state index is 11.3. The summed E-state index contributed by atoms with van der Waals surface area (Å²) >= 11 is 0. The highest BCUT2D eigenvalue weighted by molar-refractivity contribution is 5.97. The molecule has 0 fully saturated rings. The second kappa shape index (κ2) is 11.5. The van der Waals surface area contributed by atoms with Crippen LogP contribution in [0.15, 0.2) is 59.7 Å². The molecule has 3 rings (SSSR count). The minimum atomic E-state index is -0.431. The molecule has 0 saturated heterocycles. The largest absolute Gasteiger partial charge is 0.451 e. The molecule has 6 nitrogen and oxygen atoms in total. The Hall–Kier alpha value is -2.86. The first-order valence-electron chi connectivity index (χ1n) is 11.1. The van der Waals surface area contributed by atoms with Crippen molar-refractivity contribution in [1.82, 2.24) is 9.91 Å². The number of rotatable bonds is 12. The maximum Gasteiger partial charge on any atom is 0.248 e. The van der Waals surface area contributed by atoms with Crippen molar-refractivity contribution in [2.24, 2.45) is 10.8 Å². The average molecular weight is 423 g/mol. The first kappa shape index (κ1) is 22.8. The lowest BCUT2D eigenvalue weighted by Crippen LogP contribution is -2.30. The molecule has 1 atom stereocenters. The van der Waals surface area contributed by atoms with Crippen molar-refractivity contribution < 1.29 is 9.53 Å². The van der Waals surface area contributed by atoms with Gasteiger partial charge in [0.25, 0.3) is 0 Å². The van der Waals surface area contributed by atoms with Gasteiger partial charge in [-0.05, 0) is 76.2 Å². The van der Waals surface area contributed by atoms with Crippen LogP contribution in [0.4, 0.5) is 0 Å². The molecule has 0 aromatic heterocycles. The number of benzene rings is 2. The quantitative estimate of drug-likeness (QED) is 0.527. The molecule has 2 N–H and O–H groups in total. The number of hydrogen-bond acceptors (Lipinski definition) is 5. The fourth-order valence-corrected chi connectivity index (χ4v) is 3.71. The van der Waals surface area contributed by atoms with E-state index < -0.39 is 5.91 Å². The molecule has 1 heterocycles. The molecule has 31 heavy (non-hydrogen) atoms. The van der Waals surface area contributed by atoms with Crippen LogP contribution in [0.5, 0.6) is 0 Å². The Kier molecular flexibility index (Phi) is 8.47. The molecule has 0 saturated carbocycles. The van der Waals surface area contributed by atoms with Gasteiger partial charge in [0.1, 0.15) is 0 Å². The summed E-state index contributed by atoms with van der Waals surface area (Å²) in [6.45, 7) is 1.90. The Morgan fingerprint density at radius 3 is 2.45 bits per heavy atom. The van der Waals surface area contributed by atoms with Crippen LogP contribution in [0.2, 0.25) is 0 Å². The van der Waals surface area contributed by atoms with Crippen molar-refractivity contribution in [3.05, 3.63) is 71.3 Å². The van der Waals surface area contributed by atoms with Gasteiger partial charge < -0.3 is 15.4 Å². The van der Waals surface area contributed by atoms with E-state index >= 15 is 0 Å². The summed E-state index contributed by atoms with van der Waals surface area (Å²) in [4.78, 5) is 13.5. The van der Waals surface area contributed by atoms with Crippen molar-refractivity contribution >= 4 is 11.8 Å². The van der Waals surface area contributed by atoms with E-state index in [1.807, 2.05) is 12.1 Å². The molecule has 6 heteroatoms. The van der Waals surface area contributed by atoms with Gasteiger partial charge in [-0.1, -0.05) is 36.8 Å². The lowest BCUT2D eigenvalue weighted by Gasteiger charge is -2.22. The zero-order valence-electron chi connectivity index (χ0n) is 18.7. The highest BCUT2D eigenvalue weighted by atomic mass is 16.5. The standard InChI is InChI=1S/C25H34N4O2/c1-28(2)18-9-13-23-29(19-8-4-7-12-20-10-5-3-6-11-20)27-25(31-23)22-16-14-21(15-17-22)24(26)30/h3,5-6,10-11,14-17,23H,4,7-9,12-13,18-19H2,1-2H3,(H2,26,30). The predicted molar refractivity (Wildman–Crippen MR) is 125 cm³/mol. The van der Waals surface area contributed by atoms with Crippen LogP contribution in [-0.2, 0) is 11.2 Å². The van der Waals surface area contributed by atoms with E-state index in [4.69, 9.17) is 15.6 Å². The molecule has 2 aromatic carbocycles. The van der Waals surface area contributed by atoms with Crippen LogP contribution in [0, 0.1) is 0 Å². The summed E-state index contributed by atoms with van der Waals surface area (Å²) in [7, 11) is 4.17. The van der Waals surface area contributed by atoms with E-state index in [-0.39, 0.29) is 6.23 Å². The second-order valence-electron chi connectivity index (χ2n) is 8.32. The van der Waals surface area contributed by atoms with Crippen LogP contribution in [0.25, 0.3) is 0 Å². The topological polar surface area (TPSA) is 71.2 Å². The lowest BCUT2D eigenvalue weighted by molar-refractivity contribution is 0.0452. The number of primary amides is 1. The maximum atomic E-state index is 11.3. The number of aryl methyl sites for hydroxylation is 1. The average Bonchev–Trinajstić information content (AvgIpc) is 3.17. The van der Waals surface area contributed by atoms with E-state index in [1.54, 1.807) is 12.1 Å². The molecule has 1 unspecified atom stereocenters. The summed E-state index contributed by atoms with van der Waals surface area (Å²) in [6.07, 6.45) is 6.46. The predicted octanol–water partition coefficient (Wildman–Crippen LogP) is 3.86. The number of nitrogens with zero attached hydrogens (tertiary/aromatic N) is 3. The van der Waals surface area contributed by atoms with Gasteiger partial charge in [0.15, 0.2) is 6.23 Å². The summed E-state index contributed by atoms with van der Waals surface area (Å²) in [5.74, 6) is 0.190. The molecule has 1 aliphatic heterocycles.